The average Bonchev–Trinajstić information content (AvgIpc) is 3.09. The fourth-order valence-corrected chi connectivity index (χ4v) is 2.41. The summed E-state index contributed by atoms with van der Waals surface area (Å²) in [4.78, 5) is 31.3. The zero-order valence-corrected chi connectivity index (χ0v) is 14.6. The fourth-order valence-electron chi connectivity index (χ4n) is 2.03. The quantitative estimate of drug-likeness (QED) is 0.643. The summed E-state index contributed by atoms with van der Waals surface area (Å²) in [6.45, 7) is -0.00368. The third kappa shape index (κ3) is 3.98. The second-order valence-electron chi connectivity index (χ2n) is 5.10. The lowest BCUT2D eigenvalue weighted by Crippen LogP contribution is -2.24. The molecule has 3 aromatic rings. The molecule has 0 aliphatic heterocycles. The van der Waals surface area contributed by atoms with Crippen LogP contribution in [0.1, 0.15) is 26.7 Å². The Kier molecular flexibility index (Phi) is 5.15. The predicted molar refractivity (Wildman–Crippen MR) is 93.7 cm³/mol. The summed E-state index contributed by atoms with van der Waals surface area (Å²) in [5.41, 5.74) is 5.92. The Labute approximate surface area is 157 Å². The molecule has 2 heterocycles. The van der Waals surface area contributed by atoms with E-state index in [1.54, 1.807) is 24.3 Å². The van der Waals surface area contributed by atoms with Crippen LogP contribution in [0.15, 0.2) is 40.9 Å². The molecule has 0 bridgehead atoms. The van der Waals surface area contributed by atoms with Crippen LogP contribution in [0.5, 0.6) is 0 Å². The molecule has 0 saturated carbocycles. The lowest BCUT2D eigenvalue weighted by molar-refractivity contribution is 0.0938. The van der Waals surface area contributed by atoms with Gasteiger partial charge >= 0.3 is 0 Å². The van der Waals surface area contributed by atoms with Gasteiger partial charge in [-0.25, -0.2) is 4.98 Å². The number of carbonyl (C=O) groups excluding carboxylic acids is 2. The van der Waals surface area contributed by atoms with Crippen LogP contribution in [-0.4, -0.2) is 26.9 Å². The summed E-state index contributed by atoms with van der Waals surface area (Å²) in [6.07, 6.45) is 0. The number of nitrogens with two attached hydrogens (primary N) is 1. The number of nitrogens with one attached hydrogen (secondary N) is 1. The van der Waals surface area contributed by atoms with E-state index < -0.39 is 11.8 Å². The monoisotopic (exact) mass is 391 g/mol. The van der Waals surface area contributed by atoms with Crippen molar-refractivity contribution in [3.8, 4) is 11.4 Å². The molecule has 3 rings (SSSR count). The Morgan fingerprint density at radius 2 is 1.81 bits per heavy atom. The summed E-state index contributed by atoms with van der Waals surface area (Å²) in [7, 11) is 0. The van der Waals surface area contributed by atoms with E-state index in [1.807, 2.05) is 0 Å². The highest BCUT2D eigenvalue weighted by Crippen LogP contribution is 2.18. The first-order chi connectivity index (χ1) is 12.4. The Balaban J connectivity index is 1.66. The van der Waals surface area contributed by atoms with Gasteiger partial charge in [0.1, 0.15) is 10.8 Å². The number of amides is 2. The first-order valence-corrected chi connectivity index (χ1v) is 8.02. The molecule has 10 heteroatoms. The number of aromatic nitrogens is 3. The Morgan fingerprint density at radius 3 is 2.46 bits per heavy atom. The van der Waals surface area contributed by atoms with E-state index in [-0.39, 0.29) is 28.8 Å². The molecule has 0 aliphatic carbocycles. The average molecular weight is 392 g/mol. The van der Waals surface area contributed by atoms with Gasteiger partial charge in [-0.1, -0.05) is 28.4 Å². The molecule has 2 aromatic heterocycles. The Hall–Kier alpha value is -2.97. The minimum atomic E-state index is -0.727. The van der Waals surface area contributed by atoms with Crippen LogP contribution in [0, 0.1) is 0 Å². The highest BCUT2D eigenvalue weighted by Gasteiger charge is 2.15. The summed E-state index contributed by atoms with van der Waals surface area (Å²) < 4.78 is 5.09. The Morgan fingerprint density at radius 1 is 1.08 bits per heavy atom. The summed E-state index contributed by atoms with van der Waals surface area (Å²) >= 11 is 11.7. The van der Waals surface area contributed by atoms with Crippen molar-refractivity contribution >= 4 is 35.0 Å². The topological polar surface area (TPSA) is 124 Å². The Bertz CT molecular complexity index is 972. The van der Waals surface area contributed by atoms with Crippen LogP contribution in [-0.2, 0) is 6.54 Å². The van der Waals surface area contributed by atoms with E-state index >= 15 is 0 Å². The van der Waals surface area contributed by atoms with Gasteiger partial charge in [-0.05, 0) is 36.4 Å². The fraction of sp³-hybridized carbons (Fsp3) is 0.0625. The van der Waals surface area contributed by atoms with Crippen LogP contribution < -0.4 is 11.1 Å². The maximum Gasteiger partial charge on any atom is 0.270 e. The van der Waals surface area contributed by atoms with Crippen LogP contribution in [0.25, 0.3) is 11.4 Å². The molecular formula is C16H11Cl2N5O3. The van der Waals surface area contributed by atoms with E-state index in [2.05, 4.69) is 20.4 Å². The van der Waals surface area contributed by atoms with Crippen molar-refractivity contribution in [2.75, 3.05) is 0 Å². The van der Waals surface area contributed by atoms with Crippen LogP contribution in [0.2, 0.25) is 10.2 Å². The molecule has 0 fully saturated rings. The molecule has 0 saturated heterocycles. The number of halogens is 2. The van der Waals surface area contributed by atoms with Gasteiger partial charge in [0.2, 0.25) is 11.7 Å². The normalized spacial score (nSPS) is 10.5. The maximum atomic E-state index is 12.1. The first-order valence-electron chi connectivity index (χ1n) is 7.27. The third-order valence-electron chi connectivity index (χ3n) is 3.32. The van der Waals surface area contributed by atoms with Crippen molar-refractivity contribution in [1.29, 1.82) is 0 Å². The minimum Gasteiger partial charge on any atom is -0.366 e. The molecule has 0 spiro atoms. The SMILES string of the molecule is NC(=O)c1ccc(C(=O)NCc2nc(-c3ccc(Cl)cc3)no2)nc1Cl. The van der Waals surface area contributed by atoms with Gasteiger partial charge in [0, 0.05) is 10.6 Å². The van der Waals surface area contributed by atoms with E-state index in [0.29, 0.717) is 10.8 Å². The van der Waals surface area contributed by atoms with Crippen molar-refractivity contribution in [2.24, 2.45) is 5.73 Å². The molecule has 0 atom stereocenters. The number of rotatable bonds is 5. The minimum absolute atomic E-state index is 0.00368. The second-order valence-corrected chi connectivity index (χ2v) is 5.89. The highest BCUT2D eigenvalue weighted by molar-refractivity contribution is 6.32. The number of nitrogens with zero attached hydrogens (tertiary/aromatic N) is 3. The van der Waals surface area contributed by atoms with Gasteiger partial charge in [-0.2, -0.15) is 4.98 Å². The molecule has 8 nitrogen and oxygen atoms in total. The second kappa shape index (κ2) is 7.51. The molecule has 0 aliphatic rings. The summed E-state index contributed by atoms with van der Waals surface area (Å²) in [5.74, 6) is -0.662. The standard InChI is InChI=1S/C16H11Cl2N5O3/c17-9-3-1-8(2-4-9)15-22-12(26-23-15)7-20-16(25)11-6-5-10(14(19)24)13(18)21-11/h1-6H,7H2,(H2,19,24)(H,20,25). The number of pyridine rings is 1. The molecule has 132 valence electrons. The lowest BCUT2D eigenvalue weighted by atomic mass is 10.2. The smallest absolute Gasteiger partial charge is 0.270 e. The molecule has 0 radical (unpaired) electrons. The maximum absolute atomic E-state index is 12.1. The van der Waals surface area contributed by atoms with Crippen LogP contribution in [0.3, 0.4) is 0 Å². The number of hydrogen-bond acceptors (Lipinski definition) is 6. The van der Waals surface area contributed by atoms with Crippen molar-refractivity contribution in [3.63, 3.8) is 0 Å². The number of hydrogen-bond donors (Lipinski definition) is 2. The molecule has 2 amide bonds. The molecule has 1 aromatic carbocycles. The van der Waals surface area contributed by atoms with E-state index in [4.69, 9.17) is 33.5 Å². The van der Waals surface area contributed by atoms with E-state index in [9.17, 15) is 9.59 Å². The number of primary amides is 1. The number of carbonyl (C=O) groups is 2. The summed E-state index contributed by atoms with van der Waals surface area (Å²) in [6, 6.07) is 9.59. The van der Waals surface area contributed by atoms with Gasteiger partial charge in [0.05, 0.1) is 12.1 Å². The van der Waals surface area contributed by atoms with Gasteiger partial charge in [0.15, 0.2) is 0 Å². The van der Waals surface area contributed by atoms with Gasteiger partial charge in [-0.3, -0.25) is 9.59 Å². The first kappa shape index (κ1) is 17.8. The van der Waals surface area contributed by atoms with Crippen molar-refractivity contribution in [3.05, 3.63) is 63.7 Å². The molecule has 0 unspecified atom stereocenters. The van der Waals surface area contributed by atoms with Crippen molar-refractivity contribution in [1.82, 2.24) is 20.4 Å². The lowest BCUT2D eigenvalue weighted by Gasteiger charge is -2.04. The molecule has 3 N–H and O–H groups in total. The summed E-state index contributed by atoms with van der Waals surface area (Å²) in [5, 5.41) is 6.86. The predicted octanol–water partition coefficient (Wildman–Crippen LogP) is 2.47. The molecule has 26 heavy (non-hydrogen) atoms. The largest absolute Gasteiger partial charge is 0.366 e. The van der Waals surface area contributed by atoms with Crippen LogP contribution >= 0.6 is 23.2 Å². The zero-order valence-electron chi connectivity index (χ0n) is 13.1. The van der Waals surface area contributed by atoms with E-state index in [1.165, 1.54) is 12.1 Å². The van der Waals surface area contributed by atoms with Crippen molar-refractivity contribution in [2.45, 2.75) is 6.54 Å². The highest BCUT2D eigenvalue weighted by atomic mass is 35.5. The molecular weight excluding hydrogens is 381 g/mol. The van der Waals surface area contributed by atoms with Gasteiger partial charge in [-0.15, -0.1) is 0 Å². The van der Waals surface area contributed by atoms with Crippen LogP contribution in [0.4, 0.5) is 0 Å². The number of benzene rings is 1. The van der Waals surface area contributed by atoms with Crippen molar-refractivity contribution < 1.29 is 14.1 Å². The van der Waals surface area contributed by atoms with Gasteiger partial charge in [0.25, 0.3) is 11.8 Å². The zero-order chi connectivity index (χ0) is 18.7. The van der Waals surface area contributed by atoms with Gasteiger partial charge < -0.3 is 15.6 Å². The van der Waals surface area contributed by atoms with E-state index in [0.717, 1.165) is 5.56 Å². The third-order valence-corrected chi connectivity index (χ3v) is 3.86.